The SMILES string of the molecule is CCc1cc(CC)c(C(N)c2csc(I)c2)c(CC)c1. The molecule has 1 nitrogen and oxygen atoms in total. The summed E-state index contributed by atoms with van der Waals surface area (Å²) in [7, 11) is 0. The Labute approximate surface area is 139 Å². The zero-order chi connectivity index (χ0) is 14.7. The van der Waals surface area contributed by atoms with Gasteiger partial charge in [-0.25, -0.2) is 0 Å². The molecule has 108 valence electrons. The summed E-state index contributed by atoms with van der Waals surface area (Å²) in [4.78, 5) is 0. The minimum Gasteiger partial charge on any atom is -0.320 e. The summed E-state index contributed by atoms with van der Waals surface area (Å²) in [5.41, 5.74) is 13.4. The number of hydrogen-bond donors (Lipinski definition) is 1. The smallest absolute Gasteiger partial charge is 0.0656 e. The third kappa shape index (κ3) is 3.26. The fourth-order valence-electron chi connectivity index (χ4n) is 2.69. The minimum absolute atomic E-state index is 0.00516. The van der Waals surface area contributed by atoms with E-state index in [1.54, 1.807) is 11.3 Å². The van der Waals surface area contributed by atoms with Gasteiger partial charge < -0.3 is 5.73 Å². The molecular formula is C17H22INS. The Bertz CT molecular complexity index is 563. The van der Waals surface area contributed by atoms with E-state index in [4.69, 9.17) is 5.73 Å². The van der Waals surface area contributed by atoms with E-state index in [9.17, 15) is 0 Å². The molecule has 0 fully saturated rings. The largest absolute Gasteiger partial charge is 0.320 e. The topological polar surface area (TPSA) is 26.0 Å². The first kappa shape index (κ1) is 16.0. The Balaban J connectivity index is 2.53. The van der Waals surface area contributed by atoms with E-state index in [0.29, 0.717) is 0 Å². The Morgan fingerprint density at radius 3 is 2.05 bits per heavy atom. The second-order valence-corrected chi connectivity index (χ2v) is 7.86. The molecule has 0 amide bonds. The van der Waals surface area contributed by atoms with Gasteiger partial charge in [0, 0.05) is 0 Å². The molecule has 3 heteroatoms. The summed E-state index contributed by atoms with van der Waals surface area (Å²) >= 11 is 4.13. The lowest BCUT2D eigenvalue weighted by Gasteiger charge is -2.20. The van der Waals surface area contributed by atoms with Crippen LogP contribution in [0.3, 0.4) is 0 Å². The van der Waals surface area contributed by atoms with Crippen LogP contribution in [0.1, 0.15) is 54.6 Å². The molecule has 0 radical (unpaired) electrons. The molecule has 2 rings (SSSR count). The molecule has 0 spiro atoms. The van der Waals surface area contributed by atoms with Crippen LogP contribution in [0.25, 0.3) is 0 Å². The third-order valence-corrected chi connectivity index (χ3v) is 5.65. The molecule has 1 heterocycles. The van der Waals surface area contributed by atoms with Gasteiger partial charge in [-0.1, -0.05) is 32.9 Å². The molecular weight excluding hydrogens is 377 g/mol. The average molecular weight is 399 g/mol. The summed E-state index contributed by atoms with van der Waals surface area (Å²) < 4.78 is 1.30. The summed E-state index contributed by atoms with van der Waals surface area (Å²) in [5, 5.41) is 2.19. The number of thiophene rings is 1. The van der Waals surface area contributed by atoms with Gasteiger partial charge in [0.1, 0.15) is 0 Å². The van der Waals surface area contributed by atoms with Crippen LogP contribution < -0.4 is 5.73 Å². The average Bonchev–Trinajstić information content (AvgIpc) is 2.91. The minimum atomic E-state index is 0.00516. The number of nitrogens with two attached hydrogens (primary N) is 1. The quantitative estimate of drug-likeness (QED) is 0.697. The van der Waals surface area contributed by atoms with Crippen molar-refractivity contribution >= 4 is 33.9 Å². The number of rotatable bonds is 5. The zero-order valence-electron chi connectivity index (χ0n) is 12.4. The van der Waals surface area contributed by atoms with E-state index in [1.165, 1.54) is 30.7 Å². The van der Waals surface area contributed by atoms with E-state index in [2.05, 4.69) is 66.9 Å². The van der Waals surface area contributed by atoms with Gasteiger partial charge in [-0.2, -0.15) is 0 Å². The summed E-state index contributed by atoms with van der Waals surface area (Å²) in [6.07, 6.45) is 3.18. The number of hydrogen-bond acceptors (Lipinski definition) is 2. The molecule has 1 atom stereocenters. The predicted molar refractivity (Wildman–Crippen MR) is 97.6 cm³/mol. The summed E-state index contributed by atoms with van der Waals surface area (Å²) in [5.74, 6) is 0. The zero-order valence-corrected chi connectivity index (χ0v) is 15.3. The van der Waals surface area contributed by atoms with E-state index < -0.39 is 0 Å². The van der Waals surface area contributed by atoms with Gasteiger partial charge in [0.25, 0.3) is 0 Å². The molecule has 0 saturated carbocycles. The fraction of sp³-hybridized carbons (Fsp3) is 0.412. The monoisotopic (exact) mass is 399 g/mol. The number of halogens is 1. The van der Waals surface area contributed by atoms with E-state index in [-0.39, 0.29) is 6.04 Å². The van der Waals surface area contributed by atoms with Crippen LogP contribution in [0.4, 0.5) is 0 Å². The van der Waals surface area contributed by atoms with Gasteiger partial charge in [0.2, 0.25) is 0 Å². The van der Waals surface area contributed by atoms with Crippen LogP contribution >= 0.6 is 33.9 Å². The van der Waals surface area contributed by atoms with Crippen molar-refractivity contribution in [3.63, 3.8) is 0 Å². The second-order valence-electron chi connectivity index (χ2n) is 5.05. The normalized spacial score (nSPS) is 12.7. The van der Waals surface area contributed by atoms with Crippen molar-refractivity contribution in [2.75, 3.05) is 0 Å². The Kier molecular flexibility index (Phi) is 5.64. The van der Waals surface area contributed by atoms with Gasteiger partial charge >= 0.3 is 0 Å². The van der Waals surface area contributed by atoms with Crippen molar-refractivity contribution in [1.82, 2.24) is 0 Å². The highest BCUT2D eigenvalue weighted by atomic mass is 127. The number of benzene rings is 1. The Hall–Kier alpha value is -0.390. The second kappa shape index (κ2) is 7.05. The molecule has 2 aromatic rings. The van der Waals surface area contributed by atoms with Crippen LogP contribution in [0, 0.1) is 2.88 Å². The lowest BCUT2D eigenvalue weighted by Crippen LogP contribution is -2.16. The highest BCUT2D eigenvalue weighted by Crippen LogP contribution is 2.31. The van der Waals surface area contributed by atoms with Crippen molar-refractivity contribution in [3.05, 3.63) is 54.3 Å². The van der Waals surface area contributed by atoms with E-state index >= 15 is 0 Å². The molecule has 20 heavy (non-hydrogen) atoms. The molecule has 1 unspecified atom stereocenters. The highest BCUT2D eigenvalue weighted by molar-refractivity contribution is 14.1. The first-order valence-corrected chi connectivity index (χ1v) is 9.20. The van der Waals surface area contributed by atoms with Crippen LogP contribution in [0.2, 0.25) is 0 Å². The molecule has 0 aliphatic carbocycles. The first-order valence-electron chi connectivity index (χ1n) is 7.24. The van der Waals surface area contributed by atoms with E-state index in [0.717, 1.165) is 19.3 Å². The van der Waals surface area contributed by atoms with Gasteiger partial charge in [0.15, 0.2) is 0 Å². The number of aryl methyl sites for hydroxylation is 3. The molecule has 0 saturated heterocycles. The van der Waals surface area contributed by atoms with E-state index in [1.807, 2.05) is 0 Å². The van der Waals surface area contributed by atoms with Crippen molar-refractivity contribution in [2.45, 2.75) is 46.1 Å². The van der Waals surface area contributed by atoms with Gasteiger partial charge in [-0.3, -0.25) is 0 Å². The molecule has 1 aromatic heterocycles. The van der Waals surface area contributed by atoms with Gasteiger partial charge in [0.05, 0.1) is 8.93 Å². The maximum Gasteiger partial charge on any atom is 0.0656 e. The molecule has 1 aromatic carbocycles. The molecule has 0 bridgehead atoms. The van der Waals surface area contributed by atoms with Crippen molar-refractivity contribution in [1.29, 1.82) is 0 Å². The maximum atomic E-state index is 6.58. The summed E-state index contributed by atoms with van der Waals surface area (Å²) in [6, 6.07) is 6.89. The fourth-order valence-corrected chi connectivity index (χ4v) is 4.10. The molecule has 0 aliphatic rings. The summed E-state index contributed by atoms with van der Waals surface area (Å²) in [6.45, 7) is 6.67. The van der Waals surface area contributed by atoms with Crippen LogP contribution in [0.5, 0.6) is 0 Å². The third-order valence-electron chi connectivity index (χ3n) is 3.84. The Morgan fingerprint density at radius 2 is 1.65 bits per heavy atom. The Morgan fingerprint density at radius 1 is 1.05 bits per heavy atom. The first-order chi connectivity index (χ1) is 9.60. The molecule has 2 N–H and O–H groups in total. The van der Waals surface area contributed by atoms with Crippen LogP contribution in [-0.4, -0.2) is 0 Å². The van der Waals surface area contributed by atoms with Gasteiger partial charge in [-0.15, -0.1) is 11.3 Å². The standard InChI is InChI=1S/C17H22INS/c1-4-11-7-12(5-2)16(13(6-3)8-11)17(19)14-9-15(18)20-10-14/h7-10,17H,4-6,19H2,1-3H3. The van der Waals surface area contributed by atoms with Crippen molar-refractivity contribution in [3.8, 4) is 0 Å². The maximum absolute atomic E-state index is 6.58. The predicted octanol–water partition coefficient (Wildman–Crippen LogP) is 5.09. The lowest BCUT2D eigenvalue weighted by atomic mass is 9.87. The molecule has 0 aliphatic heterocycles. The lowest BCUT2D eigenvalue weighted by molar-refractivity contribution is 0.827. The van der Waals surface area contributed by atoms with Crippen molar-refractivity contribution in [2.24, 2.45) is 5.73 Å². The van der Waals surface area contributed by atoms with Crippen molar-refractivity contribution < 1.29 is 0 Å². The van der Waals surface area contributed by atoms with Gasteiger partial charge in [-0.05, 0) is 81.1 Å². The van der Waals surface area contributed by atoms with Crippen LogP contribution in [0.15, 0.2) is 23.6 Å². The highest BCUT2D eigenvalue weighted by Gasteiger charge is 2.18. The van der Waals surface area contributed by atoms with Crippen LogP contribution in [-0.2, 0) is 19.3 Å².